The van der Waals surface area contributed by atoms with Gasteiger partial charge in [-0.15, -0.1) is 0 Å². The zero-order valence-corrected chi connectivity index (χ0v) is 13.9. The molecule has 1 aliphatic rings. The third kappa shape index (κ3) is 2.77. The van der Waals surface area contributed by atoms with Gasteiger partial charge in [0.2, 0.25) is 0 Å². The van der Waals surface area contributed by atoms with E-state index < -0.39 is 0 Å². The number of benzene rings is 1. The molecule has 1 saturated carbocycles. The van der Waals surface area contributed by atoms with Crippen molar-refractivity contribution < 1.29 is 4.79 Å². The third-order valence-electron chi connectivity index (χ3n) is 5.25. The molecule has 3 rings (SSSR count). The van der Waals surface area contributed by atoms with E-state index in [1.54, 1.807) is 0 Å². The average Bonchev–Trinajstić information content (AvgIpc) is 2.74. The van der Waals surface area contributed by atoms with E-state index in [9.17, 15) is 4.79 Å². The summed E-state index contributed by atoms with van der Waals surface area (Å²) >= 11 is 0. The van der Waals surface area contributed by atoms with Gasteiger partial charge in [-0.2, -0.15) is 0 Å². The number of hydrogen-bond donors (Lipinski definition) is 1. The number of H-pyrrole nitrogens is 1. The Bertz CT molecular complexity index is 678. The van der Waals surface area contributed by atoms with Crippen LogP contribution in [0.5, 0.6) is 0 Å². The molecule has 1 aromatic carbocycles. The fraction of sp³-hybridized carbons (Fsp3) is 0.526. The number of hydrogen-bond acceptors (Lipinski definition) is 1. The number of carbonyl (C=O) groups excluding carboxylic acids is 1. The van der Waals surface area contributed by atoms with Crippen LogP contribution in [-0.2, 0) is 0 Å². The van der Waals surface area contributed by atoms with E-state index in [1.165, 1.54) is 36.9 Å². The lowest BCUT2D eigenvalue weighted by Crippen LogP contribution is -2.36. The van der Waals surface area contributed by atoms with Gasteiger partial charge in [-0.1, -0.05) is 25.7 Å². The monoisotopic (exact) mass is 298 g/mol. The van der Waals surface area contributed by atoms with Gasteiger partial charge in [-0.25, -0.2) is 0 Å². The molecule has 1 amide bonds. The minimum absolute atomic E-state index is 0.159. The molecule has 1 heterocycles. The highest BCUT2D eigenvalue weighted by Gasteiger charge is 2.22. The molecule has 0 aliphatic heterocycles. The van der Waals surface area contributed by atoms with Crippen LogP contribution in [0.2, 0.25) is 0 Å². The Kier molecular flexibility index (Phi) is 4.23. The smallest absolute Gasteiger partial charge is 0.253 e. The van der Waals surface area contributed by atoms with E-state index in [4.69, 9.17) is 0 Å². The molecular formula is C19H26N2O. The van der Waals surface area contributed by atoms with E-state index in [-0.39, 0.29) is 5.91 Å². The van der Waals surface area contributed by atoms with Gasteiger partial charge in [-0.3, -0.25) is 4.79 Å². The van der Waals surface area contributed by atoms with Gasteiger partial charge in [0.25, 0.3) is 5.91 Å². The first-order valence-electron chi connectivity index (χ1n) is 8.44. The maximum Gasteiger partial charge on any atom is 0.253 e. The number of carbonyl (C=O) groups is 1. The second-order valence-corrected chi connectivity index (χ2v) is 6.70. The number of nitrogens with zero attached hydrogens (tertiary/aromatic N) is 1. The maximum atomic E-state index is 12.8. The number of nitrogens with one attached hydrogen (secondary N) is 1. The molecule has 1 N–H and O–H groups in total. The van der Waals surface area contributed by atoms with Crippen molar-refractivity contribution in [2.24, 2.45) is 0 Å². The molecule has 0 spiro atoms. The fourth-order valence-corrected chi connectivity index (χ4v) is 3.61. The molecule has 0 saturated heterocycles. The van der Waals surface area contributed by atoms with E-state index in [0.29, 0.717) is 6.04 Å². The SMILES string of the molecule is Cc1[nH]c2ccc(C(=O)N(C)C3CCCCCC3)cc2c1C. The number of amides is 1. The predicted octanol–water partition coefficient (Wildman–Crippen LogP) is 4.58. The van der Waals surface area contributed by atoms with Gasteiger partial charge in [0.15, 0.2) is 0 Å². The summed E-state index contributed by atoms with van der Waals surface area (Å²) in [5.74, 6) is 0.159. The Morgan fingerprint density at radius 2 is 1.82 bits per heavy atom. The summed E-state index contributed by atoms with van der Waals surface area (Å²) in [5.41, 5.74) is 4.34. The van der Waals surface area contributed by atoms with Crippen molar-refractivity contribution in [3.63, 3.8) is 0 Å². The highest BCUT2D eigenvalue weighted by molar-refractivity contribution is 5.99. The minimum Gasteiger partial charge on any atom is -0.358 e. The molecule has 3 heteroatoms. The van der Waals surface area contributed by atoms with Crippen LogP contribution in [0.4, 0.5) is 0 Å². The molecule has 0 radical (unpaired) electrons. The van der Waals surface area contributed by atoms with Gasteiger partial charge in [0.05, 0.1) is 0 Å². The molecule has 1 aromatic heterocycles. The fourth-order valence-electron chi connectivity index (χ4n) is 3.61. The molecule has 0 bridgehead atoms. The lowest BCUT2D eigenvalue weighted by Gasteiger charge is -2.27. The number of fused-ring (bicyclic) bond motifs is 1. The zero-order chi connectivity index (χ0) is 15.7. The molecule has 3 nitrogen and oxygen atoms in total. The van der Waals surface area contributed by atoms with Crippen molar-refractivity contribution in [3.8, 4) is 0 Å². The third-order valence-corrected chi connectivity index (χ3v) is 5.25. The second-order valence-electron chi connectivity index (χ2n) is 6.70. The van der Waals surface area contributed by atoms with Crippen LogP contribution in [0.3, 0.4) is 0 Å². The molecule has 1 fully saturated rings. The molecule has 118 valence electrons. The van der Waals surface area contributed by atoms with E-state index in [1.807, 2.05) is 30.1 Å². The minimum atomic E-state index is 0.159. The molecule has 0 atom stereocenters. The first kappa shape index (κ1) is 15.1. The lowest BCUT2D eigenvalue weighted by atomic mass is 10.0. The van der Waals surface area contributed by atoms with Crippen LogP contribution < -0.4 is 0 Å². The van der Waals surface area contributed by atoms with Crippen molar-refractivity contribution in [1.29, 1.82) is 0 Å². The van der Waals surface area contributed by atoms with Crippen LogP contribution in [0.25, 0.3) is 10.9 Å². The Hall–Kier alpha value is -1.77. The highest BCUT2D eigenvalue weighted by Crippen LogP contribution is 2.25. The molecule has 2 aromatic rings. The average molecular weight is 298 g/mol. The first-order valence-corrected chi connectivity index (χ1v) is 8.44. The Labute approximate surface area is 132 Å². The second kappa shape index (κ2) is 6.15. The van der Waals surface area contributed by atoms with Crippen LogP contribution >= 0.6 is 0 Å². The summed E-state index contributed by atoms with van der Waals surface area (Å²) < 4.78 is 0. The first-order chi connectivity index (χ1) is 10.6. The van der Waals surface area contributed by atoms with Crippen molar-refractivity contribution in [2.45, 2.75) is 58.4 Å². The van der Waals surface area contributed by atoms with E-state index >= 15 is 0 Å². The summed E-state index contributed by atoms with van der Waals surface area (Å²) in [7, 11) is 1.97. The van der Waals surface area contributed by atoms with Crippen LogP contribution in [0.1, 0.15) is 60.1 Å². The zero-order valence-electron chi connectivity index (χ0n) is 13.9. The van der Waals surface area contributed by atoms with Gasteiger partial charge >= 0.3 is 0 Å². The van der Waals surface area contributed by atoms with E-state index in [2.05, 4.69) is 18.8 Å². The van der Waals surface area contributed by atoms with Crippen molar-refractivity contribution >= 4 is 16.8 Å². The number of aromatic amines is 1. The molecule has 1 aliphatic carbocycles. The number of aryl methyl sites for hydroxylation is 2. The van der Waals surface area contributed by atoms with Crippen LogP contribution in [0.15, 0.2) is 18.2 Å². The van der Waals surface area contributed by atoms with Crippen molar-refractivity contribution in [1.82, 2.24) is 9.88 Å². The van der Waals surface area contributed by atoms with Gasteiger partial charge in [0.1, 0.15) is 0 Å². The van der Waals surface area contributed by atoms with Gasteiger partial charge in [-0.05, 0) is 50.5 Å². The number of aromatic nitrogens is 1. The molecule has 22 heavy (non-hydrogen) atoms. The number of rotatable bonds is 2. The van der Waals surface area contributed by atoms with E-state index in [0.717, 1.165) is 29.3 Å². The summed E-state index contributed by atoms with van der Waals surface area (Å²) in [6.45, 7) is 4.19. The molecule has 0 unspecified atom stereocenters. The van der Waals surface area contributed by atoms with Gasteiger partial charge in [0, 0.05) is 35.2 Å². The van der Waals surface area contributed by atoms with Crippen LogP contribution in [0, 0.1) is 13.8 Å². The Morgan fingerprint density at radius 3 is 2.50 bits per heavy atom. The Balaban J connectivity index is 1.85. The summed E-state index contributed by atoms with van der Waals surface area (Å²) in [5, 5.41) is 1.16. The van der Waals surface area contributed by atoms with Crippen molar-refractivity contribution in [2.75, 3.05) is 7.05 Å². The predicted molar refractivity (Wildman–Crippen MR) is 91.4 cm³/mol. The quantitative estimate of drug-likeness (QED) is 0.809. The summed E-state index contributed by atoms with van der Waals surface area (Å²) in [6.07, 6.45) is 7.41. The topological polar surface area (TPSA) is 36.1 Å². The molecular weight excluding hydrogens is 272 g/mol. The Morgan fingerprint density at radius 1 is 1.14 bits per heavy atom. The standard InChI is InChI=1S/C19H26N2O/c1-13-14(2)20-18-11-10-15(12-17(13)18)19(22)21(3)16-8-6-4-5-7-9-16/h10-12,16,20H,4-9H2,1-3H3. The summed E-state index contributed by atoms with van der Waals surface area (Å²) in [6, 6.07) is 6.43. The largest absolute Gasteiger partial charge is 0.358 e. The summed E-state index contributed by atoms with van der Waals surface area (Å²) in [4.78, 5) is 18.2. The lowest BCUT2D eigenvalue weighted by molar-refractivity contribution is 0.0718. The van der Waals surface area contributed by atoms with Crippen molar-refractivity contribution in [3.05, 3.63) is 35.0 Å². The van der Waals surface area contributed by atoms with Crippen LogP contribution in [-0.4, -0.2) is 28.9 Å². The highest BCUT2D eigenvalue weighted by atomic mass is 16.2. The maximum absolute atomic E-state index is 12.8. The normalized spacial score (nSPS) is 16.7. The van der Waals surface area contributed by atoms with Gasteiger partial charge < -0.3 is 9.88 Å².